The van der Waals surface area contributed by atoms with E-state index in [1.165, 1.54) is 60.7 Å². The summed E-state index contributed by atoms with van der Waals surface area (Å²) in [5.41, 5.74) is 0.708. The van der Waals surface area contributed by atoms with E-state index in [1.54, 1.807) is 24.3 Å². The van der Waals surface area contributed by atoms with E-state index in [0.29, 0.717) is 22.1 Å². The second-order valence-corrected chi connectivity index (χ2v) is 11.1. The van der Waals surface area contributed by atoms with Gasteiger partial charge in [0.15, 0.2) is 0 Å². The number of carbonyl (C=O) groups is 1. The molecular formula is C26H18BrCl2FN2O4S. The topological polar surface area (TPSA) is 84.5 Å². The number of amides is 1. The number of hydrogen-bond donors (Lipinski definition) is 2. The van der Waals surface area contributed by atoms with Gasteiger partial charge in [0.2, 0.25) is 0 Å². The lowest BCUT2D eigenvalue weighted by molar-refractivity contribution is 0.0952. The largest absolute Gasteiger partial charge is 0.456 e. The summed E-state index contributed by atoms with van der Waals surface area (Å²) in [6, 6.07) is 21.2. The van der Waals surface area contributed by atoms with Crippen molar-refractivity contribution in [3.63, 3.8) is 0 Å². The number of nitrogens with one attached hydrogen (secondary N) is 2. The molecule has 0 aliphatic heterocycles. The summed E-state index contributed by atoms with van der Waals surface area (Å²) in [6.07, 6.45) is 0. The quantitative estimate of drug-likeness (QED) is 0.214. The van der Waals surface area contributed by atoms with Gasteiger partial charge in [-0.1, -0.05) is 41.4 Å². The maximum Gasteiger partial charge on any atom is 0.261 e. The molecule has 0 aromatic heterocycles. The predicted octanol–water partition coefficient (Wildman–Crippen LogP) is 7.42. The zero-order valence-electron chi connectivity index (χ0n) is 18.8. The van der Waals surface area contributed by atoms with Crippen LogP contribution < -0.4 is 14.8 Å². The van der Waals surface area contributed by atoms with E-state index < -0.39 is 21.7 Å². The van der Waals surface area contributed by atoms with Crippen LogP contribution in [0, 0.1) is 5.82 Å². The highest BCUT2D eigenvalue weighted by Gasteiger charge is 2.20. The van der Waals surface area contributed by atoms with E-state index in [9.17, 15) is 17.6 Å². The molecule has 0 radical (unpaired) electrons. The number of para-hydroxylation sites is 1. The smallest absolute Gasteiger partial charge is 0.261 e. The summed E-state index contributed by atoms with van der Waals surface area (Å²) in [5.74, 6) is -0.164. The van der Waals surface area contributed by atoms with Crippen molar-refractivity contribution in [3.8, 4) is 11.5 Å². The Morgan fingerprint density at radius 2 is 1.68 bits per heavy atom. The highest BCUT2D eigenvalue weighted by molar-refractivity contribution is 9.10. The monoisotopic (exact) mass is 622 g/mol. The Bertz CT molecular complexity index is 1570. The van der Waals surface area contributed by atoms with Crippen LogP contribution in [0.1, 0.15) is 15.9 Å². The van der Waals surface area contributed by atoms with Gasteiger partial charge in [-0.15, -0.1) is 0 Å². The third-order valence-electron chi connectivity index (χ3n) is 5.11. The fourth-order valence-corrected chi connectivity index (χ4v) is 5.12. The zero-order valence-corrected chi connectivity index (χ0v) is 22.8. The third kappa shape index (κ3) is 6.81. The normalized spacial score (nSPS) is 11.1. The average molecular weight is 624 g/mol. The summed E-state index contributed by atoms with van der Waals surface area (Å²) in [7, 11) is -4.06. The molecule has 0 unspecified atom stereocenters. The minimum absolute atomic E-state index is 0.0240. The zero-order chi connectivity index (χ0) is 26.6. The van der Waals surface area contributed by atoms with Crippen molar-refractivity contribution in [2.24, 2.45) is 0 Å². The fourth-order valence-electron chi connectivity index (χ4n) is 3.27. The van der Waals surface area contributed by atoms with Gasteiger partial charge >= 0.3 is 0 Å². The van der Waals surface area contributed by atoms with Gasteiger partial charge < -0.3 is 10.1 Å². The van der Waals surface area contributed by atoms with E-state index >= 15 is 0 Å². The molecule has 2 N–H and O–H groups in total. The number of carbonyl (C=O) groups excluding carboxylic acids is 1. The first-order valence-corrected chi connectivity index (χ1v) is 13.7. The lowest BCUT2D eigenvalue weighted by Gasteiger charge is -2.14. The van der Waals surface area contributed by atoms with Crippen LogP contribution in [0.25, 0.3) is 0 Å². The Balaban J connectivity index is 1.50. The van der Waals surface area contributed by atoms with Gasteiger partial charge in [-0.2, -0.15) is 0 Å². The van der Waals surface area contributed by atoms with Gasteiger partial charge in [0.1, 0.15) is 17.3 Å². The number of sulfonamides is 1. The van der Waals surface area contributed by atoms with Crippen molar-refractivity contribution >= 4 is 60.7 Å². The highest BCUT2D eigenvalue weighted by atomic mass is 79.9. The third-order valence-corrected chi connectivity index (χ3v) is 7.64. The highest BCUT2D eigenvalue weighted by Crippen LogP contribution is 2.30. The van der Waals surface area contributed by atoms with Crippen LogP contribution in [-0.2, 0) is 16.6 Å². The van der Waals surface area contributed by atoms with Crippen LogP contribution in [0.5, 0.6) is 11.5 Å². The van der Waals surface area contributed by atoms with Gasteiger partial charge in [-0.05, 0) is 88.2 Å². The molecule has 4 aromatic rings. The molecule has 0 bridgehead atoms. The maximum absolute atomic E-state index is 13.5. The van der Waals surface area contributed by atoms with Gasteiger partial charge in [-0.25, -0.2) is 12.8 Å². The van der Waals surface area contributed by atoms with Crippen molar-refractivity contribution in [2.75, 3.05) is 4.72 Å². The molecule has 0 atom stereocenters. The molecule has 0 aliphatic rings. The molecule has 4 rings (SSSR count). The van der Waals surface area contributed by atoms with Crippen molar-refractivity contribution < 1.29 is 22.3 Å². The summed E-state index contributed by atoms with van der Waals surface area (Å²) in [5, 5.41) is 3.35. The van der Waals surface area contributed by atoms with E-state index in [1.807, 2.05) is 0 Å². The summed E-state index contributed by atoms with van der Waals surface area (Å²) >= 11 is 15.3. The van der Waals surface area contributed by atoms with Crippen LogP contribution in [0.2, 0.25) is 10.0 Å². The first-order valence-electron chi connectivity index (χ1n) is 10.7. The Kier molecular flexibility index (Phi) is 8.39. The molecule has 1 amide bonds. The molecule has 0 saturated carbocycles. The first kappa shape index (κ1) is 26.9. The summed E-state index contributed by atoms with van der Waals surface area (Å²) < 4.78 is 48.0. The Morgan fingerprint density at radius 1 is 0.946 bits per heavy atom. The minimum Gasteiger partial charge on any atom is -0.456 e. The number of halogens is 4. The molecule has 4 aromatic carbocycles. The lowest BCUT2D eigenvalue weighted by atomic mass is 10.1. The van der Waals surface area contributed by atoms with Crippen molar-refractivity contribution in [1.29, 1.82) is 0 Å². The molecule has 0 aliphatic carbocycles. The van der Waals surface area contributed by atoms with Crippen molar-refractivity contribution in [1.82, 2.24) is 5.32 Å². The Hall–Kier alpha value is -3.11. The van der Waals surface area contributed by atoms with E-state index in [0.717, 1.165) is 0 Å². The Morgan fingerprint density at radius 3 is 2.38 bits per heavy atom. The minimum atomic E-state index is -4.06. The van der Waals surface area contributed by atoms with Gasteiger partial charge in [0, 0.05) is 11.6 Å². The van der Waals surface area contributed by atoms with Crippen LogP contribution in [0.15, 0.2) is 94.3 Å². The lowest BCUT2D eigenvalue weighted by Crippen LogP contribution is -2.25. The number of ether oxygens (including phenoxy) is 1. The molecule has 0 saturated heterocycles. The van der Waals surface area contributed by atoms with Gasteiger partial charge in [-0.3, -0.25) is 9.52 Å². The number of anilines is 1. The molecule has 190 valence electrons. The fraction of sp³-hybridized carbons (Fsp3) is 0.0385. The van der Waals surface area contributed by atoms with Crippen LogP contribution in [0.3, 0.4) is 0 Å². The van der Waals surface area contributed by atoms with Gasteiger partial charge in [0.05, 0.1) is 25.6 Å². The van der Waals surface area contributed by atoms with Gasteiger partial charge in [0.25, 0.3) is 15.9 Å². The van der Waals surface area contributed by atoms with Crippen molar-refractivity contribution in [2.45, 2.75) is 11.4 Å². The van der Waals surface area contributed by atoms with E-state index in [-0.39, 0.29) is 32.2 Å². The van der Waals surface area contributed by atoms with E-state index in [4.69, 9.17) is 27.9 Å². The average Bonchev–Trinajstić information content (AvgIpc) is 2.87. The van der Waals surface area contributed by atoms with Crippen LogP contribution >= 0.6 is 39.1 Å². The first-order chi connectivity index (χ1) is 17.6. The summed E-state index contributed by atoms with van der Waals surface area (Å²) in [6.45, 7) is 0.0866. The van der Waals surface area contributed by atoms with E-state index in [2.05, 4.69) is 26.0 Å². The molecular weight excluding hydrogens is 606 g/mol. The SMILES string of the molecule is O=C(NCc1ccc(F)c(Br)c1)c1cc(Cl)ccc1NS(=O)(=O)c1ccc(Oc2ccccc2Cl)cc1. The maximum atomic E-state index is 13.5. The van der Waals surface area contributed by atoms with Crippen molar-refractivity contribution in [3.05, 3.63) is 116 Å². The van der Waals surface area contributed by atoms with Crippen LogP contribution in [0.4, 0.5) is 10.1 Å². The number of hydrogen-bond acceptors (Lipinski definition) is 4. The number of rotatable bonds is 8. The van der Waals surface area contributed by atoms with Crippen LogP contribution in [-0.4, -0.2) is 14.3 Å². The number of benzene rings is 4. The second-order valence-electron chi connectivity index (χ2n) is 7.73. The Labute approximate surface area is 231 Å². The molecule has 0 fully saturated rings. The molecule has 37 heavy (non-hydrogen) atoms. The molecule has 0 heterocycles. The molecule has 6 nitrogen and oxygen atoms in total. The molecule has 11 heteroatoms. The molecule has 0 spiro atoms. The predicted molar refractivity (Wildman–Crippen MR) is 145 cm³/mol. The standard InChI is InChI=1S/C26H18BrCl2FN2O4S/c27-21-13-16(5-11-23(21)30)15-31-26(33)20-14-17(28)6-12-24(20)32-37(34,35)19-9-7-18(8-10-19)36-25-4-2-1-3-22(25)29/h1-14,32H,15H2,(H,31,33). The second kappa shape index (κ2) is 11.5. The summed E-state index contributed by atoms with van der Waals surface area (Å²) in [4.78, 5) is 12.8.